The first-order chi connectivity index (χ1) is 22.3. The first kappa shape index (κ1) is 33.3. The van der Waals surface area contributed by atoms with Crippen molar-refractivity contribution >= 4 is 45.0 Å². The molecule has 13 nitrogen and oxygen atoms in total. The number of fused-ring (bicyclic) bond motifs is 1. The van der Waals surface area contributed by atoms with E-state index >= 15 is 0 Å². The number of nitrogens with zero attached hydrogens (tertiary/aromatic N) is 2. The summed E-state index contributed by atoms with van der Waals surface area (Å²) in [6, 6.07) is 12.2. The molecule has 0 unspecified atom stereocenters. The molecule has 1 saturated heterocycles. The zero-order valence-corrected chi connectivity index (χ0v) is 27.4. The number of imide groups is 1. The van der Waals surface area contributed by atoms with Gasteiger partial charge in [-0.2, -0.15) is 0 Å². The molecule has 0 aromatic heterocycles. The minimum Gasteiger partial charge on any atom is -0.493 e. The molecule has 248 valence electrons. The maximum atomic E-state index is 14.7. The van der Waals surface area contributed by atoms with Crippen molar-refractivity contribution in [1.82, 2.24) is 10.2 Å². The van der Waals surface area contributed by atoms with E-state index in [1.807, 2.05) is 0 Å². The highest BCUT2D eigenvalue weighted by molar-refractivity contribution is 7.92. The van der Waals surface area contributed by atoms with E-state index in [9.17, 15) is 32.7 Å². The number of amides is 4. The first-order valence-electron chi connectivity index (χ1n) is 14.9. The van der Waals surface area contributed by atoms with Crippen LogP contribution in [0.15, 0.2) is 59.5 Å². The lowest BCUT2D eigenvalue weighted by molar-refractivity contribution is -0.133. The third-order valence-corrected chi connectivity index (χ3v) is 10.8. The summed E-state index contributed by atoms with van der Waals surface area (Å²) < 4.78 is 38.0. The van der Waals surface area contributed by atoms with Crippen LogP contribution < -0.4 is 25.0 Å². The Labute approximate surface area is 272 Å². The summed E-state index contributed by atoms with van der Waals surface area (Å²) in [7, 11) is 0.490. The van der Waals surface area contributed by atoms with Crippen molar-refractivity contribution in [2.24, 2.45) is 0 Å². The summed E-state index contributed by atoms with van der Waals surface area (Å²) in [5.74, 6) is -0.641. The summed E-state index contributed by atoms with van der Waals surface area (Å²) in [5.41, 5.74) is 1.86. The number of hydrogen-bond acceptors (Lipinski definition) is 9. The van der Waals surface area contributed by atoms with Crippen LogP contribution in [0.2, 0.25) is 0 Å². The molecule has 0 saturated carbocycles. The second kappa shape index (κ2) is 12.9. The molecule has 2 aliphatic rings. The number of sulfone groups is 1. The van der Waals surface area contributed by atoms with E-state index < -0.39 is 51.0 Å². The molecule has 5 rings (SSSR count). The van der Waals surface area contributed by atoms with Gasteiger partial charge in [0.25, 0.3) is 11.8 Å². The van der Waals surface area contributed by atoms with Crippen molar-refractivity contribution in [3.05, 3.63) is 76.9 Å². The number of hydrogen-bond donors (Lipinski definition) is 3. The summed E-state index contributed by atoms with van der Waals surface area (Å²) in [5, 5.41) is 14.3. The maximum absolute atomic E-state index is 14.7. The number of anilines is 2. The molecular weight excluding hydrogens is 628 g/mol. The number of benzene rings is 3. The molecule has 2 aliphatic heterocycles. The predicted molar refractivity (Wildman–Crippen MR) is 173 cm³/mol. The minimum atomic E-state index is -3.83. The highest BCUT2D eigenvalue weighted by Gasteiger charge is 2.39. The maximum Gasteiger partial charge on any atom is 0.411 e. The topological polar surface area (TPSA) is 172 Å². The van der Waals surface area contributed by atoms with Gasteiger partial charge in [0.1, 0.15) is 6.04 Å². The van der Waals surface area contributed by atoms with E-state index in [0.29, 0.717) is 47.7 Å². The van der Waals surface area contributed by atoms with Crippen LogP contribution in [0.5, 0.6) is 11.5 Å². The Balaban J connectivity index is 1.61. The molecule has 2 heterocycles. The van der Waals surface area contributed by atoms with E-state index in [-0.39, 0.29) is 21.7 Å². The molecule has 0 radical (unpaired) electrons. The van der Waals surface area contributed by atoms with Crippen LogP contribution in [0.1, 0.15) is 70.6 Å². The van der Waals surface area contributed by atoms with Crippen molar-refractivity contribution < 1.29 is 42.2 Å². The lowest BCUT2D eigenvalue weighted by atomic mass is 10.00. The molecule has 0 spiro atoms. The number of likely N-dealkylation sites (tertiary alicyclic amines) is 1. The predicted octanol–water partition coefficient (Wildman–Crippen LogP) is 4.40. The number of nitrogens with one attached hydrogen (secondary N) is 2. The average molecular weight is 665 g/mol. The summed E-state index contributed by atoms with van der Waals surface area (Å²) >= 11 is 0. The molecule has 3 N–H and O–H groups in total. The smallest absolute Gasteiger partial charge is 0.411 e. The van der Waals surface area contributed by atoms with Gasteiger partial charge >= 0.3 is 6.09 Å². The standard InChI is InChI=1S/C33H36N4O9S/c1-18(2)47(43,44)28-13-10-21(36(3)33(41)42)17-24(28)25-7-6-14-37(25)32(40)29(19-8-12-26(45-4)27(15-19)46-5)34-20-9-11-22-23(16-20)31(39)35-30(22)38/h8-13,15-18,25,29,34H,6-7,14H2,1-5H3,(H,41,42)(H,35,38,39)/t25-,29+/m1/s1. The SMILES string of the molecule is COc1ccc([C@H](Nc2ccc3c(c2)C(=O)NC3=O)C(=O)N2CCC[C@@H]2c2cc(N(C)C(=O)O)ccc2S(=O)(=O)C(C)C)cc1OC. The number of ether oxygens (including phenoxy) is 2. The highest BCUT2D eigenvalue weighted by Crippen LogP contribution is 2.41. The molecule has 0 aliphatic carbocycles. The first-order valence-corrected chi connectivity index (χ1v) is 16.5. The lowest BCUT2D eigenvalue weighted by Crippen LogP contribution is -2.38. The van der Waals surface area contributed by atoms with Crippen LogP contribution >= 0.6 is 0 Å². The Hall–Kier alpha value is -5.11. The Morgan fingerprint density at radius 2 is 1.68 bits per heavy atom. The average Bonchev–Trinajstić information content (AvgIpc) is 3.66. The van der Waals surface area contributed by atoms with Crippen LogP contribution in [-0.2, 0) is 14.6 Å². The molecule has 3 aromatic carbocycles. The van der Waals surface area contributed by atoms with Gasteiger partial charge in [0.05, 0.1) is 41.5 Å². The fourth-order valence-electron chi connectivity index (χ4n) is 5.89. The molecule has 4 amide bonds. The molecule has 1 fully saturated rings. The normalized spacial score (nSPS) is 16.5. The Kier molecular flexibility index (Phi) is 9.16. The number of carboxylic acid groups (broad SMARTS) is 1. The van der Waals surface area contributed by atoms with Gasteiger partial charge in [-0.25, -0.2) is 13.2 Å². The van der Waals surface area contributed by atoms with E-state index in [2.05, 4.69) is 10.6 Å². The van der Waals surface area contributed by atoms with Crippen LogP contribution in [0.4, 0.5) is 16.2 Å². The van der Waals surface area contributed by atoms with Crippen molar-refractivity contribution in [3.63, 3.8) is 0 Å². The minimum absolute atomic E-state index is 0.0321. The third kappa shape index (κ3) is 6.20. The number of rotatable bonds is 10. The van der Waals surface area contributed by atoms with Crippen molar-refractivity contribution in [3.8, 4) is 11.5 Å². The second-order valence-corrected chi connectivity index (χ2v) is 14.1. The van der Waals surface area contributed by atoms with Gasteiger partial charge in [0, 0.05) is 25.0 Å². The van der Waals surface area contributed by atoms with E-state index in [1.165, 1.54) is 51.6 Å². The Morgan fingerprint density at radius 3 is 2.34 bits per heavy atom. The van der Waals surface area contributed by atoms with Gasteiger partial charge in [-0.05, 0) is 86.3 Å². The van der Waals surface area contributed by atoms with Crippen molar-refractivity contribution in [2.45, 2.75) is 48.9 Å². The largest absolute Gasteiger partial charge is 0.493 e. The molecule has 2 atom stereocenters. The van der Waals surface area contributed by atoms with E-state index in [0.717, 1.165) is 4.90 Å². The fourth-order valence-corrected chi connectivity index (χ4v) is 7.18. The summed E-state index contributed by atoms with van der Waals surface area (Å²) in [6.07, 6.45) is -0.222. The van der Waals surface area contributed by atoms with Crippen molar-refractivity contribution in [1.29, 1.82) is 0 Å². The lowest BCUT2D eigenvalue weighted by Gasteiger charge is -2.32. The monoisotopic (exact) mass is 664 g/mol. The van der Waals surface area contributed by atoms with Gasteiger partial charge in [-0.3, -0.25) is 24.6 Å². The Morgan fingerprint density at radius 1 is 0.979 bits per heavy atom. The summed E-state index contributed by atoms with van der Waals surface area (Å²) in [4.78, 5) is 53.6. The number of carbonyl (C=O) groups excluding carboxylic acids is 3. The molecule has 0 bridgehead atoms. The van der Waals surface area contributed by atoms with E-state index in [4.69, 9.17) is 9.47 Å². The summed E-state index contributed by atoms with van der Waals surface area (Å²) in [6.45, 7) is 3.43. The zero-order valence-electron chi connectivity index (χ0n) is 26.6. The molecular formula is C33H36N4O9S. The third-order valence-electron chi connectivity index (χ3n) is 8.52. The molecule has 3 aromatic rings. The quantitative estimate of drug-likeness (QED) is 0.264. The van der Waals surface area contributed by atoms with Crippen LogP contribution in [0.25, 0.3) is 0 Å². The van der Waals surface area contributed by atoms with Gasteiger partial charge in [-0.15, -0.1) is 0 Å². The van der Waals surface area contributed by atoms with Gasteiger partial charge in [0.2, 0.25) is 5.91 Å². The van der Waals surface area contributed by atoms with Gasteiger partial charge in [0.15, 0.2) is 21.3 Å². The number of carbonyl (C=O) groups is 4. The second-order valence-electron chi connectivity index (χ2n) is 11.6. The van der Waals surface area contributed by atoms with E-state index in [1.54, 1.807) is 43.0 Å². The highest BCUT2D eigenvalue weighted by atomic mass is 32.2. The van der Waals surface area contributed by atoms with Crippen LogP contribution in [0, 0.1) is 0 Å². The van der Waals surface area contributed by atoms with Gasteiger partial charge < -0.3 is 24.8 Å². The van der Waals surface area contributed by atoms with Crippen LogP contribution in [0.3, 0.4) is 0 Å². The van der Waals surface area contributed by atoms with Crippen molar-refractivity contribution in [2.75, 3.05) is 38.0 Å². The number of methoxy groups -OCH3 is 2. The van der Waals surface area contributed by atoms with Gasteiger partial charge in [-0.1, -0.05) is 6.07 Å². The molecule has 47 heavy (non-hydrogen) atoms. The zero-order chi connectivity index (χ0) is 34.2. The van der Waals surface area contributed by atoms with Crippen LogP contribution in [-0.4, -0.2) is 75.3 Å². The Bertz CT molecular complexity index is 1880. The molecule has 14 heteroatoms. The fraction of sp³-hybridized carbons (Fsp3) is 0.333.